The van der Waals surface area contributed by atoms with Crippen LogP contribution in [0, 0.1) is 6.92 Å². The highest BCUT2D eigenvalue weighted by Gasteiger charge is 2.03. The van der Waals surface area contributed by atoms with Gasteiger partial charge in [-0.2, -0.15) is 15.3 Å². The molecular formula is C22H21N5O2. The van der Waals surface area contributed by atoms with Crippen LogP contribution in [0.1, 0.15) is 11.1 Å². The number of nitrogens with zero attached hydrogens (tertiary/aromatic N) is 3. The number of aromatic hydroxyl groups is 1. The van der Waals surface area contributed by atoms with E-state index in [1.54, 1.807) is 12.1 Å². The summed E-state index contributed by atoms with van der Waals surface area (Å²) in [6.07, 6.45) is 1.36. The van der Waals surface area contributed by atoms with Crippen molar-refractivity contribution in [3.63, 3.8) is 0 Å². The minimum absolute atomic E-state index is 0.0275. The monoisotopic (exact) mass is 387 g/mol. The van der Waals surface area contributed by atoms with E-state index in [0.29, 0.717) is 11.3 Å². The summed E-state index contributed by atoms with van der Waals surface area (Å²) in [6, 6.07) is 21.8. The summed E-state index contributed by atoms with van der Waals surface area (Å²) in [5.41, 5.74) is 6.07. The van der Waals surface area contributed by atoms with Crippen LogP contribution in [0.3, 0.4) is 0 Å². The van der Waals surface area contributed by atoms with Crippen LogP contribution in [0.5, 0.6) is 5.75 Å². The van der Waals surface area contributed by atoms with E-state index in [-0.39, 0.29) is 18.2 Å². The van der Waals surface area contributed by atoms with E-state index in [1.807, 2.05) is 61.5 Å². The predicted octanol–water partition coefficient (Wildman–Crippen LogP) is 4.68. The number of amides is 1. The molecule has 3 aromatic carbocycles. The number of carbonyl (C=O) groups is 1. The Morgan fingerprint density at radius 1 is 0.966 bits per heavy atom. The number of benzene rings is 3. The Morgan fingerprint density at radius 3 is 2.48 bits per heavy atom. The van der Waals surface area contributed by atoms with Crippen LogP contribution in [-0.2, 0) is 4.79 Å². The molecule has 3 rings (SSSR count). The molecule has 0 aliphatic heterocycles. The number of azo groups is 1. The van der Waals surface area contributed by atoms with Crippen molar-refractivity contribution in [2.75, 3.05) is 11.9 Å². The van der Waals surface area contributed by atoms with Gasteiger partial charge in [0.1, 0.15) is 5.75 Å². The van der Waals surface area contributed by atoms with Crippen molar-refractivity contribution < 1.29 is 9.90 Å². The van der Waals surface area contributed by atoms with E-state index >= 15 is 0 Å². The van der Waals surface area contributed by atoms with E-state index < -0.39 is 0 Å². The number of phenols is 1. The Kier molecular flexibility index (Phi) is 6.67. The second-order valence-corrected chi connectivity index (χ2v) is 6.24. The number of anilines is 1. The Labute approximate surface area is 168 Å². The lowest BCUT2D eigenvalue weighted by Crippen LogP contribution is -2.26. The van der Waals surface area contributed by atoms with Gasteiger partial charge < -0.3 is 10.4 Å². The number of hydrazone groups is 1. The quantitative estimate of drug-likeness (QED) is 0.312. The topological polar surface area (TPSA) is 98.4 Å². The number of nitrogens with one attached hydrogen (secondary N) is 2. The second-order valence-electron chi connectivity index (χ2n) is 6.24. The minimum atomic E-state index is -0.302. The highest BCUT2D eigenvalue weighted by molar-refractivity contribution is 5.87. The molecule has 1 amide bonds. The highest BCUT2D eigenvalue weighted by Crippen LogP contribution is 2.24. The van der Waals surface area contributed by atoms with Crippen molar-refractivity contribution in [2.24, 2.45) is 15.3 Å². The van der Waals surface area contributed by atoms with Gasteiger partial charge in [-0.3, -0.25) is 4.79 Å². The van der Waals surface area contributed by atoms with Gasteiger partial charge in [0.15, 0.2) is 0 Å². The molecule has 0 radical (unpaired) electrons. The largest absolute Gasteiger partial charge is 0.507 e. The minimum Gasteiger partial charge on any atom is -0.507 e. The predicted molar refractivity (Wildman–Crippen MR) is 114 cm³/mol. The number of rotatable bonds is 7. The number of phenolic OH excluding ortho intramolecular Hbond substituents is 1. The zero-order valence-corrected chi connectivity index (χ0v) is 15.9. The molecule has 146 valence electrons. The van der Waals surface area contributed by atoms with Gasteiger partial charge in [0.25, 0.3) is 5.91 Å². The molecule has 7 nitrogen and oxygen atoms in total. The maximum Gasteiger partial charge on any atom is 0.259 e. The number of carbonyl (C=O) groups excluding carboxylic acids is 1. The Hall–Kier alpha value is -4.00. The fourth-order valence-electron chi connectivity index (χ4n) is 2.48. The van der Waals surface area contributed by atoms with E-state index in [2.05, 4.69) is 26.1 Å². The molecule has 0 aromatic heterocycles. The molecule has 3 aromatic rings. The average Bonchev–Trinajstić information content (AvgIpc) is 2.74. The molecule has 0 unspecified atom stereocenters. The Bertz CT molecular complexity index is 1030. The van der Waals surface area contributed by atoms with Crippen LogP contribution in [0.2, 0.25) is 0 Å². The van der Waals surface area contributed by atoms with Crippen molar-refractivity contribution in [1.29, 1.82) is 0 Å². The molecular weight excluding hydrogens is 366 g/mol. The first-order valence-corrected chi connectivity index (χ1v) is 9.03. The van der Waals surface area contributed by atoms with Gasteiger partial charge >= 0.3 is 0 Å². The molecule has 7 heteroatoms. The van der Waals surface area contributed by atoms with Crippen molar-refractivity contribution in [2.45, 2.75) is 6.92 Å². The highest BCUT2D eigenvalue weighted by atomic mass is 16.3. The molecule has 3 N–H and O–H groups in total. The third kappa shape index (κ3) is 6.00. The summed E-state index contributed by atoms with van der Waals surface area (Å²) in [6.45, 7) is 2.04. The number of hydrogen-bond donors (Lipinski definition) is 3. The van der Waals surface area contributed by atoms with Gasteiger partial charge in [-0.25, -0.2) is 5.43 Å². The molecule has 0 aliphatic carbocycles. The lowest BCUT2D eigenvalue weighted by Gasteiger charge is -2.07. The van der Waals surface area contributed by atoms with Gasteiger partial charge in [0.2, 0.25) is 0 Å². The summed E-state index contributed by atoms with van der Waals surface area (Å²) >= 11 is 0. The summed E-state index contributed by atoms with van der Waals surface area (Å²) < 4.78 is 0. The molecule has 0 saturated carbocycles. The zero-order valence-electron chi connectivity index (χ0n) is 15.9. The van der Waals surface area contributed by atoms with Crippen molar-refractivity contribution in [1.82, 2.24) is 5.43 Å². The molecule has 0 aliphatic rings. The first kappa shape index (κ1) is 19.8. The van der Waals surface area contributed by atoms with Crippen LogP contribution < -0.4 is 10.7 Å². The first-order chi connectivity index (χ1) is 14.1. The van der Waals surface area contributed by atoms with Crippen LogP contribution in [0.4, 0.5) is 17.1 Å². The number of para-hydroxylation sites is 1. The van der Waals surface area contributed by atoms with Gasteiger partial charge in [0.05, 0.1) is 24.1 Å². The number of aryl methyl sites for hydroxylation is 1. The summed E-state index contributed by atoms with van der Waals surface area (Å²) in [4.78, 5) is 11.9. The van der Waals surface area contributed by atoms with Crippen LogP contribution in [0.25, 0.3) is 0 Å². The SMILES string of the molecule is Cc1ccccc1NCC(=O)NN=Cc1cc(N=Nc2ccccc2)ccc1O. The van der Waals surface area contributed by atoms with Gasteiger partial charge in [0, 0.05) is 11.3 Å². The van der Waals surface area contributed by atoms with Crippen molar-refractivity contribution >= 4 is 29.2 Å². The first-order valence-electron chi connectivity index (χ1n) is 9.03. The maximum atomic E-state index is 11.9. The molecule has 0 bridgehead atoms. The van der Waals surface area contributed by atoms with E-state index in [1.165, 1.54) is 12.3 Å². The van der Waals surface area contributed by atoms with E-state index in [9.17, 15) is 9.90 Å². The molecule has 0 spiro atoms. The summed E-state index contributed by atoms with van der Waals surface area (Å²) in [5.74, 6) is -0.274. The summed E-state index contributed by atoms with van der Waals surface area (Å²) in [5, 5.41) is 25.2. The Morgan fingerprint density at radius 2 is 1.69 bits per heavy atom. The lowest BCUT2D eigenvalue weighted by atomic mass is 10.2. The second kappa shape index (κ2) is 9.80. The third-order valence-corrected chi connectivity index (χ3v) is 4.03. The van der Waals surface area contributed by atoms with Gasteiger partial charge in [-0.15, -0.1) is 0 Å². The van der Waals surface area contributed by atoms with Crippen LogP contribution in [0.15, 0.2) is 88.1 Å². The van der Waals surface area contributed by atoms with Crippen molar-refractivity contribution in [3.8, 4) is 5.75 Å². The average molecular weight is 387 g/mol. The smallest absolute Gasteiger partial charge is 0.259 e. The van der Waals surface area contributed by atoms with Crippen LogP contribution in [-0.4, -0.2) is 23.8 Å². The number of hydrogen-bond acceptors (Lipinski definition) is 6. The standard InChI is InChI=1S/C22H21N5O2/c1-16-7-5-6-10-20(16)23-15-22(29)27-24-14-17-13-19(11-12-21(17)28)26-25-18-8-3-2-4-9-18/h2-14,23,28H,15H2,1H3,(H,27,29). The zero-order chi connectivity index (χ0) is 20.5. The third-order valence-electron chi connectivity index (χ3n) is 4.03. The molecule has 0 fully saturated rings. The Balaban J connectivity index is 1.57. The van der Waals surface area contributed by atoms with E-state index in [0.717, 1.165) is 16.9 Å². The lowest BCUT2D eigenvalue weighted by molar-refractivity contribution is -0.119. The van der Waals surface area contributed by atoms with Gasteiger partial charge in [-0.05, 0) is 48.9 Å². The maximum absolute atomic E-state index is 11.9. The molecule has 0 atom stereocenters. The fourth-order valence-corrected chi connectivity index (χ4v) is 2.48. The summed E-state index contributed by atoms with van der Waals surface area (Å²) in [7, 11) is 0. The normalized spacial score (nSPS) is 11.1. The molecule has 29 heavy (non-hydrogen) atoms. The van der Waals surface area contributed by atoms with Gasteiger partial charge in [-0.1, -0.05) is 36.4 Å². The fraction of sp³-hybridized carbons (Fsp3) is 0.0909. The van der Waals surface area contributed by atoms with E-state index in [4.69, 9.17) is 0 Å². The van der Waals surface area contributed by atoms with Crippen LogP contribution >= 0.6 is 0 Å². The molecule has 0 heterocycles. The molecule has 0 saturated heterocycles. The van der Waals surface area contributed by atoms with Crippen molar-refractivity contribution in [3.05, 3.63) is 83.9 Å².